The van der Waals surface area contributed by atoms with Crippen LogP contribution in [0.25, 0.3) is 11.1 Å². The normalized spacial score (nSPS) is 12.0. The fourth-order valence-electron chi connectivity index (χ4n) is 2.44. The summed E-state index contributed by atoms with van der Waals surface area (Å²) in [6, 6.07) is 8.08. The van der Waals surface area contributed by atoms with E-state index in [9.17, 15) is 26.4 Å². The van der Waals surface area contributed by atoms with E-state index in [1.165, 1.54) is 24.3 Å². The number of alkyl halides is 3. The number of benzene rings is 2. The van der Waals surface area contributed by atoms with Crippen LogP contribution in [-0.4, -0.2) is 31.9 Å². The minimum absolute atomic E-state index is 0.0246. The number of carboxylic acid groups (broad SMARTS) is 1. The molecule has 2 aromatic carbocycles. The van der Waals surface area contributed by atoms with Crippen LogP contribution in [0.15, 0.2) is 47.4 Å². The van der Waals surface area contributed by atoms with Gasteiger partial charge in [-0.05, 0) is 42.3 Å². The molecule has 0 bridgehead atoms. The lowest BCUT2D eigenvalue weighted by molar-refractivity contribution is -0.140. The molecule has 0 atom stereocenters. The zero-order valence-corrected chi connectivity index (χ0v) is 15.1. The number of sulfone groups is 1. The van der Waals surface area contributed by atoms with Crippen molar-refractivity contribution in [3.8, 4) is 16.9 Å². The highest BCUT2D eigenvalue weighted by Gasteiger charge is 2.31. The van der Waals surface area contributed by atoms with Crippen molar-refractivity contribution in [3.63, 3.8) is 0 Å². The third kappa shape index (κ3) is 5.22. The van der Waals surface area contributed by atoms with Gasteiger partial charge in [-0.25, -0.2) is 13.2 Å². The maximum Gasteiger partial charge on any atom is 0.416 e. The molecule has 0 spiro atoms. The number of carbonyl (C=O) groups is 1. The van der Waals surface area contributed by atoms with Crippen LogP contribution in [0.4, 0.5) is 13.2 Å². The van der Waals surface area contributed by atoms with E-state index < -0.39 is 34.2 Å². The van der Waals surface area contributed by atoms with E-state index in [1.807, 2.05) is 0 Å². The summed E-state index contributed by atoms with van der Waals surface area (Å²) in [5.74, 6) is -1.47. The van der Waals surface area contributed by atoms with Gasteiger partial charge < -0.3 is 9.84 Å². The summed E-state index contributed by atoms with van der Waals surface area (Å²) in [5, 5.41) is 8.75. The Morgan fingerprint density at radius 2 is 1.85 bits per heavy atom. The highest BCUT2D eigenvalue weighted by molar-refractivity contribution is 7.91. The topological polar surface area (TPSA) is 80.7 Å². The van der Waals surface area contributed by atoms with Crippen LogP contribution in [0.3, 0.4) is 0 Å². The Morgan fingerprint density at radius 3 is 2.44 bits per heavy atom. The van der Waals surface area contributed by atoms with Gasteiger partial charge in [0.1, 0.15) is 5.75 Å². The molecule has 146 valence electrons. The standard InChI is InChI=1S/C18H17F3O5S/c1-2-8-27(24,25)14-5-3-4-12(9-14)15-10-13(18(19,20)21)6-7-16(15)26-11-17(22)23/h3-7,9-10H,2,8,11H2,1H3,(H,22,23). The minimum Gasteiger partial charge on any atom is -0.481 e. The summed E-state index contributed by atoms with van der Waals surface area (Å²) in [5.41, 5.74) is -0.819. The van der Waals surface area contributed by atoms with Crippen molar-refractivity contribution in [2.45, 2.75) is 24.4 Å². The summed E-state index contributed by atoms with van der Waals surface area (Å²) in [6.07, 6.45) is -4.23. The largest absolute Gasteiger partial charge is 0.481 e. The minimum atomic E-state index is -4.62. The van der Waals surface area contributed by atoms with Crippen LogP contribution in [0, 0.1) is 0 Å². The van der Waals surface area contributed by atoms with Crippen molar-refractivity contribution < 1.29 is 36.2 Å². The van der Waals surface area contributed by atoms with Crippen LogP contribution in [0.2, 0.25) is 0 Å². The van der Waals surface area contributed by atoms with Crippen LogP contribution >= 0.6 is 0 Å². The smallest absolute Gasteiger partial charge is 0.416 e. The summed E-state index contributed by atoms with van der Waals surface area (Å²) >= 11 is 0. The van der Waals surface area contributed by atoms with E-state index in [0.29, 0.717) is 6.42 Å². The van der Waals surface area contributed by atoms with Crippen molar-refractivity contribution in [1.82, 2.24) is 0 Å². The molecule has 0 aromatic heterocycles. The molecular formula is C18H17F3O5S. The first kappa shape index (κ1) is 20.8. The third-order valence-electron chi connectivity index (χ3n) is 3.64. The van der Waals surface area contributed by atoms with E-state index in [1.54, 1.807) is 6.92 Å². The third-order valence-corrected chi connectivity index (χ3v) is 5.55. The van der Waals surface area contributed by atoms with Gasteiger partial charge in [0, 0.05) is 5.56 Å². The Kier molecular flexibility index (Phi) is 6.15. The molecule has 5 nitrogen and oxygen atoms in total. The summed E-state index contributed by atoms with van der Waals surface area (Å²) in [4.78, 5) is 10.7. The predicted molar refractivity (Wildman–Crippen MR) is 92.4 cm³/mol. The number of ether oxygens (including phenoxy) is 1. The number of hydrogen-bond donors (Lipinski definition) is 1. The van der Waals surface area contributed by atoms with Crippen molar-refractivity contribution in [1.29, 1.82) is 0 Å². The van der Waals surface area contributed by atoms with Crippen molar-refractivity contribution in [2.75, 3.05) is 12.4 Å². The molecule has 9 heteroatoms. The molecule has 0 aliphatic rings. The maximum atomic E-state index is 13.1. The van der Waals surface area contributed by atoms with Gasteiger partial charge in [-0.15, -0.1) is 0 Å². The second kappa shape index (κ2) is 7.99. The monoisotopic (exact) mass is 402 g/mol. The van der Waals surface area contributed by atoms with E-state index in [4.69, 9.17) is 9.84 Å². The molecule has 0 fully saturated rings. The average molecular weight is 402 g/mol. The van der Waals surface area contributed by atoms with Gasteiger partial charge in [0.2, 0.25) is 0 Å². The lowest BCUT2D eigenvalue weighted by Gasteiger charge is -2.15. The first-order chi connectivity index (χ1) is 12.5. The van der Waals surface area contributed by atoms with Gasteiger partial charge in [-0.2, -0.15) is 13.2 Å². The zero-order valence-electron chi connectivity index (χ0n) is 14.3. The lowest BCUT2D eigenvalue weighted by atomic mass is 10.0. The van der Waals surface area contributed by atoms with Gasteiger partial charge in [0.25, 0.3) is 0 Å². The average Bonchev–Trinajstić information content (AvgIpc) is 2.59. The van der Waals surface area contributed by atoms with E-state index in [2.05, 4.69) is 0 Å². The predicted octanol–water partition coefficient (Wildman–Crippen LogP) is 4.02. The number of aliphatic carboxylic acids is 1. The molecule has 2 aromatic rings. The molecule has 0 amide bonds. The molecule has 0 heterocycles. The molecule has 0 aliphatic carbocycles. The summed E-state index contributed by atoms with van der Waals surface area (Å²) in [6.45, 7) is 0.957. The van der Waals surface area contributed by atoms with E-state index >= 15 is 0 Å². The van der Waals surface area contributed by atoms with Crippen molar-refractivity contribution in [2.24, 2.45) is 0 Å². The Hall–Kier alpha value is -2.55. The fraction of sp³-hybridized carbons (Fsp3) is 0.278. The van der Waals surface area contributed by atoms with Gasteiger partial charge in [-0.3, -0.25) is 0 Å². The van der Waals surface area contributed by atoms with Crippen LogP contribution < -0.4 is 4.74 Å². The molecule has 2 rings (SSSR count). The first-order valence-electron chi connectivity index (χ1n) is 7.93. The lowest BCUT2D eigenvalue weighted by Crippen LogP contribution is -2.11. The van der Waals surface area contributed by atoms with Gasteiger partial charge in [0.05, 0.1) is 16.2 Å². The molecule has 27 heavy (non-hydrogen) atoms. The highest BCUT2D eigenvalue weighted by Crippen LogP contribution is 2.38. The van der Waals surface area contributed by atoms with Gasteiger partial charge >= 0.3 is 12.1 Å². The Labute approximate surface area is 154 Å². The molecular weight excluding hydrogens is 385 g/mol. The summed E-state index contributed by atoms with van der Waals surface area (Å²) < 4.78 is 68.8. The van der Waals surface area contributed by atoms with Crippen LogP contribution in [0.5, 0.6) is 5.75 Å². The van der Waals surface area contributed by atoms with E-state index in [-0.39, 0.29) is 27.5 Å². The van der Waals surface area contributed by atoms with Gasteiger partial charge in [0.15, 0.2) is 16.4 Å². The molecule has 0 aliphatic heterocycles. The molecule has 0 unspecified atom stereocenters. The zero-order chi connectivity index (χ0) is 20.2. The molecule has 1 N–H and O–H groups in total. The number of halogens is 3. The van der Waals surface area contributed by atoms with Crippen molar-refractivity contribution in [3.05, 3.63) is 48.0 Å². The second-order valence-electron chi connectivity index (χ2n) is 5.74. The number of carboxylic acids is 1. The Morgan fingerprint density at radius 1 is 1.15 bits per heavy atom. The summed E-state index contributed by atoms with van der Waals surface area (Å²) in [7, 11) is -3.58. The Bertz CT molecular complexity index is 936. The van der Waals surface area contributed by atoms with Crippen molar-refractivity contribution >= 4 is 15.8 Å². The fourth-order valence-corrected chi connectivity index (χ4v) is 3.81. The van der Waals surface area contributed by atoms with E-state index in [0.717, 1.165) is 18.2 Å². The van der Waals surface area contributed by atoms with Crippen LogP contribution in [0.1, 0.15) is 18.9 Å². The first-order valence-corrected chi connectivity index (χ1v) is 9.59. The number of hydrogen-bond acceptors (Lipinski definition) is 4. The number of rotatable bonds is 7. The second-order valence-corrected chi connectivity index (χ2v) is 7.85. The quantitative estimate of drug-likeness (QED) is 0.757. The SMILES string of the molecule is CCCS(=O)(=O)c1cccc(-c2cc(C(F)(F)F)ccc2OCC(=O)O)c1. The maximum absolute atomic E-state index is 13.1. The van der Waals surface area contributed by atoms with Gasteiger partial charge in [-0.1, -0.05) is 19.1 Å². The highest BCUT2D eigenvalue weighted by atomic mass is 32.2. The molecule has 0 radical (unpaired) electrons. The molecule has 0 saturated heterocycles. The molecule has 0 saturated carbocycles. The van der Waals surface area contributed by atoms with Crippen LogP contribution in [-0.2, 0) is 20.8 Å². The Balaban J connectivity index is 2.59.